The molecule has 0 bridgehead atoms. The van der Waals surface area contributed by atoms with E-state index in [-0.39, 0.29) is 19.1 Å². The molecule has 1 unspecified atom stereocenters. The number of unbranched alkanes of at least 4 members (excludes halogenated alkanes) is 4. The van der Waals surface area contributed by atoms with E-state index in [0.29, 0.717) is 46.2 Å². The molecule has 1 atom stereocenters. The summed E-state index contributed by atoms with van der Waals surface area (Å²) < 4.78 is 11.9. The molecular weight excluding hydrogens is 599 g/mol. The van der Waals surface area contributed by atoms with Crippen molar-refractivity contribution in [1.82, 2.24) is 4.90 Å². The standard InChI is InChI=1S/C35H44Cl2N2O5/c1-5-6-7-8-9-21-39(34(42)38-31-12-10-11-30(36)32(31)37)22-23-43-28-17-13-26(14-18-28)24-35(4,33(40)41)44-29-19-15-27(16-20-29)25(2)3/h10-20,25H,5-9,21-24H2,1-4H3,(H,38,42)(H,40,41). The first-order valence-electron chi connectivity index (χ1n) is 15.3. The fraction of sp³-hybridized carbons (Fsp3) is 0.429. The molecule has 0 spiro atoms. The van der Waals surface area contributed by atoms with Gasteiger partial charge in [0.2, 0.25) is 5.60 Å². The van der Waals surface area contributed by atoms with Gasteiger partial charge < -0.3 is 24.8 Å². The molecule has 0 radical (unpaired) electrons. The van der Waals surface area contributed by atoms with E-state index >= 15 is 0 Å². The molecule has 44 heavy (non-hydrogen) atoms. The van der Waals surface area contributed by atoms with Crippen LogP contribution in [-0.2, 0) is 11.2 Å². The third-order valence-electron chi connectivity index (χ3n) is 7.45. The predicted molar refractivity (Wildman–Crippen MR) is 179 cm³/mol. The largest absolute Gasteiger partial charge is 0.492 e. The minimum absolute atomic E-state index is 0.173. The Balaban J connectivity index is 1.59. The zero-order valence-electron chi connectivity index (χ0n) is 26.1. The molecule has 0 aromatic heterocycles. The highest BCUT2D eigenvalue weighted by Crippen LogP contribution is 2.30. The quantitative estimate of drug-likeness (QED) is 0.143. The first-order valence-corrected chi connectivity index (χ1v) is 16.0. The van der Waals surface area contributed by atoms with Gasteiger partial charge in [0.25, 0.3) is 0 Å². The Morgan fingerprint density at radius 1 is 0.909 bits per heavy atom. The number of aliphatic carboxylic acids is 1. The zero-order chi connectivity index (χ0) is 32.1. The number of halogens is 2. The fourth-order valence-electron chi connectivity index (χ4n) is 4.72. The lowest BCUT2D eigenvalue weighted by atomic mass is 9.96. The minimum Gasteiger partial charge on any atom is -0.492 e. The molecule has 3 rings (SSSR count). The predicted octanol–water partition coefficient (Wildman–Crippen LogP) is 9.46. The van der Waals surface area contributed by atoms with Crippen molar-refractivity contribution in [2.75, 3.05) is 25.0 Å². The SMILES string of the molecule is CCCCCCCN(CCOc1ccc(CC(C)(Oc2ccc(C(C)C)cc2)C(=O)O)cc1)C(=O)Nc1cccc(Cl)c1Cl. The molecule has 0 aliphatic carbocycles. The van der Waals surface area contributed by atoms with Gasteiger partial charge in [-0.3, -0.25) is 0 Å². The first kappa shape index (κ1) is 35.1. The van der Waals surface area contributed by atoms with Gasteiger partial charge in [0.1, 0.15) is 18.1 Å². The number of hydrogen-bond acceptors (Lipinski definition) is 4. The lowest BCUT2D eigenvalue weighted by Gasteiger charge is -2.27. The monoisotopic (exact) mass is 642 g/mol. The number of anilines is 1. The number of benzene rings is 3. The topological polar surface area (TPSA) is 88.1 Å². The second kappa shape index (κ2) is 17.2. The van der Waals surface area contributed by atoms with Crippen LogP contribution in [0.5, 0.6) is 11.5 Å². The summed E-state index contributed by atoms with van der Waals surface area (Å²) in [6.07, 6.45) is 5.56. The molecule has 3 aromatic rings. The molecular formula is C35H44Cl2N2O5. The third-order valence-corrected chi connectivity index (χ3v) is 8.27. The first-order chi connectivity index (χ1) is 21.0. The molecule has 0 fully saturated rings. The van der Waals surface area contributed by atoms with Crippen LogP contribution in [0.3, 0.4) is 0 Å². The highest BCUT2D eigenvalue weighted by molar-refractivity contribution is 6.43. The Hall–Kier alpha value is -3.42. The van der Waals surface area contributed by atoms with Crippen LogP contribution in [0.1, 0.15) is 76.8 Å². The summed E-state index contributed by atoms with van der Waals surface area (Å²) in [5.74, 6) is 0.463. The van der Waals surface area contributed by atoms with Crippen LogP contribution in [0.4, 0.5) is 10.5 Å². The van der Waals surface area contributed by atoms with Crippen LogP contribution >= 0.6 is 23.2 Å². The summed E-state index contributed by atoms with van der Waals surface area (Å²) in [6, 6.07) is 19.7. The highest BCUT2D eigenvalue weighted by Gasteiger charge is 2.36. The number of carboxylic acid groups (broad SMARTS) is 1. The van der Waals surface area contributed by atoms with Crippen LogP contribution in [0.25, 0.3) is 0 Å². The minimum atomic E-state index is -1.45. The molecule has 2 amide bonds. The average molecular weight is 644 g/mol. The van der Waals surface area contributed by atoms with Crippen molar-refractivity contribution >= 4 is 40.9 Å². The molecule has 0 heterocycles. The van der Waals surface area contributed by atoms with E-state index in [4.69, 9.17) is 32.7 Å². The summed E-state index contributed by atoms with van der Waals surface area (Å²) in [6.45, 7) is 9.20. The maximum Gasteiger partial charge on any atom is 0.348 e. The number of nitrogens with one attached hydrogen (secondary N) is 1. The Kier molecular flexibility index (Phi) is 13.7. The number of hydrogen-bond donors (Lipinski definition) is 2. The van der Waals surface area contributed by atoms with Crippen molar-refractivity contribution in [3.05, 3.63) is 87.9 Å². The molecule has 0 aliphatic heterocycles. The van der Waals surface area contributed by atoms with Crippen molar-refractivity contribution in [3.8, 4) is 11.5 Å². The van der Waals surface area contributed by atoms with Crippen LogP contribution in [0.2, 0.25) is 10.0 Å². The van der Waals surface area contributed by atoms with Gasteiger partial charge in [-0.25, -0.2) is 9.59 Å². The summed E-state index contributed by atoms with van der Waals surface area (Å²) in [5.41, 5.74) is 0.971. The highest BCUT2D eigenvalue weighted by atomic mass is 35.5. The number of rotatable bonds is 17. The number of amides is 2. The van der Waals surface area contributed by atoms with Crippen LogP contribution in [0.15, 0.2) is 66.7 Å². The van der Waals surface area contributed by atoms with Gasteiger partial charge in [0, 0.05) is 13.0 Å². The van der Waals surface area contributed by atoms with Gasteiger partial charge in [-0.15, -0.1) is 0 Å². The summed E-state index contributed by atoms with van der Waals surface area (Å²) in [5, 5.41) is 13.5. The van der Waals surface area contributed by atoms with E-state index in [1.807, 2.05) is 36.4 Å². The van der Waals surface area contributed by atoms with E-state index in [9.17, 15) is 14.7 Å². The lowest BCUT2D eigenvalue weighted by molar-refractivity contribution is -0.153. The second-order valence-electron chi connectivity index (χ2n) is 11.5. The van der Waals surface area contributed by atoms with Gasteiger partial charge in [-0.05, 0) is 66.8 Å². The maximum atomic E-state index is 13.1. The number of urea groups is 1. The summed E-state index contributed by atoms with van der Waals surface area (Å²) in [7, 11) is 0. The van der Waals surface area contributed by atoms with Gasteiger partial charge in [-0.1, -0.05) is 100.0 Å². The van der Waals surface area contributed by atoms with E-state index in [1.165, 1.54) is 6.42 Å². The van der Waals surface area contributed by atoms with Crippen molar-refractivity contribution < 1.29 is 24.2 Å². The summed E-state index contributed by atoms with van der Waals surface area (Å²) in [4.78, 5) is 27.1. The smallest absolute Gasteiger partial charge is 0.348 e. The molecule has 0 saturated carbocycles. The van der Waals surface area contributed by atoms with Crippen molar-refractivity contribution in [2.24, 2.45) is 0 Å². The van der Waals surface area contributed by atoms with Gasteiger partial charge in [-0.2, -0.15) is 0 Å². The maximum absolute atomic E-state index is 13.1. The molecule has 9 heteroatoms. The normalized spacial score (nSPS) is 12.4. The zero-order valence-corrected chi connectivity index (χ0v) is 27.6. The fourth-order valence-corrected chi connectivity index (χ4v) is 5.07. The number of ether oxygens (including phenoxy) is 2. The van der Waals surface area contributed by atoms with E-state index < -0.39 is 11.6 Å². The molecule has 3 aromatic carbocycles. The van der Waals surface area contributed by atoms with E-state index in [2.05, 4.69) is 26.1 Å². The van der Waals surface area contributed by atoms with Crippen LogP contribution in [-0.4, -0.2) is 47.3 Å². The van der Waals surface area contributed by atoms with Crippen molar-refractivity contribution in [1.29, 1.82) is 0 Å². The van der Waals surface area contributed by atoms with Crippen molar-refractivity contribution in [3.63, 3.8) is 0 Å². The van der Waals surface area contributed by atoms with Gasteiger partial charge in [0.05, 0.1) is 22.3 Å². The number of nitrogens with zero attached hydrogens (tertiary/aromatic N) is 1. The average Bonchev–Trinajstić information content (AvgIpc) is 2.99. The third kappa shape index (κ3) is 10.6. The van der Waals surface area contributed by atoms with Crippen LogP contribution < -0.4 is 14.8 Å². The van der Waals surface area contributed by atoms with E-state index in [0.717, 1.165) is 36.8 Å². The van der Waals surface area contributed by atoms with Gasteiger partial charge >= 0.3 is 12.0 Å². The van der Waals surface area contributed by atoms with Crippen molar-refractivity contribution in [2.45, 2.75) is 77.7 Å². The second-order valence-corrected chi connectivity index (χ2v) is 12.2. The number of carbonyl (C=O) groups excluding carboxylic acids is 1. The Bertz CT molecular complexity index is 1350. The Labute approximate surface area is 271 Å². The van der Waals surface area contributed by atoms with Gasteiger partial charge in [0.15, 0.2) is 0 Å². The molecule has 238 valence electrons. The summed E-state index contributed by atoms with van der Waals surface area (Å²) >= 11 is 12.4. The van der Waals surface area contributed by atoms with E-state index in [1.54, 1.807) is 42.2 Å². The Morgan fingerprint density at radius 2 is 1.57 bits per heavy atom. The number of carboxylic acids is 1. The molecule has 0 saturated heterocycles. The molecule has 7 nitrogen and oxygen atoms in total. The lowest BCUT2D eigenvalue weighted by Crippen LogP contribution is -2.43. The molecule has 2 N–H and O–H groups in total. The Morgan fingerprint density at radius 3 is 2.20 bits per heavy atom. The number of carbonyl (C=O) groups is 2. The van der Waals surface area contributed by atoms with Crippen LogP contribution in [0, 0.1) is 0 Å². The molecule has 0 aliphatic rings.